The number of fused-ring (bicyclic) bond motifs is 1. The monoisotopic (exact) mass is 536 g/mol. The molecule has 0 radical (unpaired) electrons. The highest BCUT2D eigenvalue weighted by molar-refractivity contribution is 9.10. The molecule has 5 nitrogen and oxygen atoms in total. The van der Waals surface area contributed by atoms with E-state index in [4.69, 9.17) is 21.3 Å². The number of rotatable bonds is 5. The molecule has 3 aromatic carbocycles. The summed E-state index contributed by atoms with van der Waals surface area (Å²) in [6.45, 7) is 5.55. The predicted molar refractivity (Wildman–Crippen MR) is 140 cm³/mol. The number of anilines is 1. The van der Waals surface area contributed by atoms with Gasteiger partial charge in [-0.05, 0) is 80.9 Å². The van der Waals surface area contributed by atoms with Gasteiger partial charge in [0.05, 0.1) is 28.4 Å². The van der Waals surface area contributed by atoms with Gasteiger partial charge in [0.2, 0.25) is 0 Å². The number of esters is 1. The quantitative estimate of drug-likeness (QED) is 0.269. The lowest BCUT2D eigenvalue weighted by molar-refractivity contribution is 0.0378. The van der Waals surface area contributed by atoms with Gasteiger partial charge in [-0.15, -0.1) is 0 Å². The highest BCUT2D eigenvalue weighted by atomic mass is 79.9. The lowest BCUT2D eigenvalue weighted by Crippen LogP contribution is -2.14. The fourth-order valence-electron chi connectivity index (χ4n) is 3.58. The van der Waals surface area contributed by atoms with E-state index in [9.17, 15) is 9.59 Å². The van der Waals surface area contributed by atoms with Crippen LogP contribution in [0.1, 0.15) is 40.1 Å². The van der Waals surface area contributed by atoms with E-state index in [1.54, 1.807) is 56.3 Å². The molecule has 1 N–H and O–H groups in total. The molecule has 1 heterocycles. The van der Waals surface area contributed by atoms with Gasteiger partial charge >= 0.3 is 5.97 Å². The summed E-state index contributed by atoms with van der Waals surface area (Å²) in [7, 11) is 0. The Hall–Kier alpha value is -3.22. The van der Waals surface area contributed by atoms with Crippen LogP contribution < -0.4 is 5.32 Å². The molecular weight excluding hydrogens is 516 g/mol. The second-order valence-electron chi connectivity index (χ2n) is 8.17. The summed E-state index contributed by atoms with van der Waals surface area (Å²) < 4.78 is 6.08. The van der Waals surface area contributed by atoms with Crippen molar-refractivity contribution in [3.05, 3.63) is 92.9 Å². The Balaban J connectivity index is 1.71. The van der Waals surface area contributed by atoms with Crippen molar-refractivity contribution >= 4 is 56.0 Å². The van der Waals surface area contributed by atoms with Crippen LogP contribution in [0.5, 0.6) is 0 Å². The maximum atomic E-state index is 13.4. The standard InChI is InChI=1S/C27H22BrClN2O3/c1-15(2)34-27(33)18-6-10-21(11-7-18)30-26(32)23-14-24(17-4-8-20(29)9-5-17)31-25-16(3)12-19(28)13-22(23)25/h4-15H,1-3H3,(H,30,32). The van der Waals surface area contributed by atoms with E-state index in [0.717, 1.165) is 26.5 Å². The number of nitrogens with one attached hydrogen (secondary N) is 1. The maximum absolute atomic E-state index is 13.4. The predicted octanol–water partition coefficient (Wildman–Crippen LogP) is 7.44. The fourth-order valence-corrected chi connectivity index (χ4v) is 4.28. The lowest BCUT2D eigenvalue weighted by Gasteiger charge is -2.13. The summed E-state index contributed by atoms with van der Waals surface area (Å²) in [5.41, 5.74) is 4.70. The number of amides is 1. The molecule has 0 saturated carbocycles. The van der Waals surface area contributed by atoms with Gasteiger partial charge < -0.3 is 10.1 Å². The molecule has 4 aromatic rings. The fraction of sp³-hybridized carbons (Fsp3) is 0.148. The zero-order valence-electron chi connectivity index (χ0n) is 18.9. The molecule has 0 aliphatic heterocycles. The summed E-state index contributed by atoms with van der Waals surface area (Å²) in [5, 5.41) is 4.29. The molecule has 7 heteroatoms. The number of benzene rings is 3. The van der Waals surface area contributed by atoms with Gasteiger partial charge in [0.15, 0.2) is 0 Å². The van der Waals surface area contributed by atoms with Crippen molar-refractivity contribution in [2.45, 2.75) is 26.9 Å². The molecule has 34 heavy (non-hydrogen) atoms. The van der Waals surface area contributed by atoms with Gasteiger partial charge in [0.25, 0.3) is 5.91 Å². The minimum Gasteiger partial charge on any atom is -0.459 e. The van der Waals surface area contributed by atoms with E-state index in [1.165, 1.54) is 0 Å². The Labute approximate surface area is 211 Å². The molecule has 172 valence electrons. The van der Waals surface area contributed by atoms with Crippen molar-refractivity contribution in [1.29, 1.82) is 0 Å². The van der Waals surface area contributed by atoms with Crippen molar-refractivity contribution in [3.63, 3.8) is 0 Å². The van der Waals surface area contributed by atoms with E-state index < -0.39 is 5.97 Å². The highest BCUT2D eigenvalue weighted by Gasteiger charge is 2.17. The molecule has 4 rings (SSSR count). The van der Waals surface area contributed by atoms with E-state index in [0.29, 0.717) is 27.5 Å². The van der Waals surface area contributed by atoms with Crippen LogP contribution in [0.4, 0.5) is 5.69 Å². The molecule has 0 aliphatic rings. The molecular formula is C27H22BrClN2O3. The van der Waals surface area contributed by atoms with Gasteiger partial charge in [-0.1, -0.05) is 39.7 Å². The van der Waals surface area contributed by atoms with E-state index in [-0.39, 0.29) is 12.0 Å². The Morgan fingerprint density at radius 2 is 1.68 bits per heavy atom. The molecule has 0 spiro atoms. The summed E-state index contributed by atoms with van der Waals surface area (Å²) in [6, 6.07) is 19.6. The Bertz CT molecular complexity index is 1380. The molecule has 1 aromatic heterocycles. The van der Waals surface area contributed by atoms with Crippen molar-refractivity contribution in [2.24, 2.45) is 0 Å². The summed E-state index contributed by atoms with van der Waals surface area (Å²) in [6.07, 6.45) is -0.204. The number of carbonyl (C=O) groups excluding carboxylic acids is 2. The Morgan fingerprint density at radius 3 is 2.32 bits per heavy atom. The average Bonchev–Trinajstić information content (AvgIpc) is 2.79. The second kappa shape index (κ2) is 9.95. The van der Waals surface area contributed by atoms with E-state index >= 15 is 0 Å². The third-order valence-corrected chi connectivity index (χ3v) is 5.88. The van der Waals surface area contributed by atoms with E-state index in [1.807, 2.05) is 31.2 Å². The van der Waals surface area contributed by atoms with Crippen molar-refractivity contribution < 1.29 is 14.3 Å². The van der Waals surface area contributed by atoms with Crippen LogP contribution in [0.15, 0.2) is 71.2 Å². The first-order valence-electron chi connectivity index (χ1n) is 10.7. The number of pyridine rings is 1. The number of hydrogen-bond acceptors (Lipinski definition) is 4. The SMILES string of the molecule is Cc1cc(Br)cc2c(C(=O)Nc3ccc(C(=O)OC(C)C)cc3)cc(-c3ccc(Cl)cc3)nc12. The van der Waals surface area contributed by atoms with Crippen LogP contribution in [-0.4, -0.2) is 23.0 Å². The summed E-state index contributed by atoms with van der Waals surface area (Å²) >= 11 is 9.57. The number of ether oxygens (including phenoxy) is 1. The largest absolute Gasteiger partial charge is 0.459 e. The topological polar surface area (TPSA) is 68.3 Å². The molecule has 0 saturated heterocycles. The molecule has 0 fully saturated rings. The minimum absolute atomic E-state index is 0.204. The third kappa shape index (κ3) is 5.29. The number of aryl methyl sites for hydroxylation is 1. The first kappa shape index (κ1) is 23.9. The van der Waals surface area contributed by atoms with Crippen molar-refractivity contribution in [3.8, 4) is 11.3 Å². The normalized spacial score (nSPS) is 11.0. The zero-order chi connectivity index (χ0) is 24.4. The van der Waals surface area contributed by atoms with Crippen LogP contribution in [0.25, 0.3) is 22.2 Å². The number of nitrogens with zero attached hydrogens (tertiary/aromatic N) is 1. The lowest BCUT2D eigenvalue weighted by atomic mass is 10.0. The second-order valence-corrected chi connectivity index (χ2v) is 9.52. The highest BCUT2D eigenvalue weighted by Crippen LogP contribution is 2.30. The van der Waals surface area contributed by atoms with Crippen LogP contribution in [0, 0.1) is 6.92 Å². The van der Waals surface area contributed by atoms with Gasteiger partial charge in [-0.25, -0.2) is 9.78 Å². The minimum atomic E-state index is -0.402. The average molecular weight is 538 g/mol. The van der Waals surface area contributed by atoms with Crippen LogP contribution in [-0.2, 0) is 4.74 Å². The third-order valence-electron chi connectivity index (χ3n) is 5.17. The molecule has 0 atom stereocenters. The first-order chi connectivity index (χ1) is 16.2. The first-order valence-corrected chi connectivity index (χ1v) is 11.9. The van der Waals surface area contributed by atoms with Crippen LogP contribution in [0.3, 0.4) is 0 Å². The smallest absolute Gasteiger partial charge is 0.338 e. The van der Waals surface area contributed by atoms with Crippen LogP contribution in [0.2, 0.25) is 5.02 Å². The van der Waals surface area contributed by atoms with Gasteiger partial charge in [-0.3, -0.25) is 4.79 Å². The number of aromatic nitrogens is 1. The zero-order valence-corrected chi connectivity index (χ0v) is 21.2. The molecule has 0 unspecified atom stereocenters. The summed E-state index contributed by atoms with van der Waals surface area (Å²) in [4.78, 5) is 30.3. The molecule has 0 aliphatic carbocycles. The van der Waals surface area contributed by atoms with Crippen molar-refractivity contribution in [2.75, 3.05) is 5.32 Å². The Kier molecular flexibility index (Phi) is 7.00. The van der Waals surface area contributed by atoms with Gasteiger partial charge in [0.1, 0.15) is 0 Å². The number of hydrogen-bond donors (Lipinski definition) is 1. The number of carbonyl (C=O) groups is 2. The Morgan fingerprint density at radius 1 is 1.00 bits per heavy atom. The van der Waals surface area contributed by atoms with Gasteiger partial charge in [-0.2, -0.15) is 0 Å². The van der Waals surface area contributed by atoms with Crippen LogP contribution >= 0.6 is 27.5 Å². The maximum Gasteiger partial charge on any atom is 0.338 e. The van der Waals surface area contributed by atoms with Crippen molar-refractivity contribution in [1.82, 2.24) is 4.98 Å². The molecule has 1 amide bonds. The number of halogens is 2. The van der Waals surface area contributed by atoms with E-state index in [2.05, 4.69) is 21.2 Å². The molecule has 0 bridgehead atoms. The van der Waals surface area contributed by atoms with Gasteiger partial charge in [0, 0.05) is 26.1 Å². The summed E-state index contributed by atoms with van der Waals surface area (Å²) in [5.74, 6) is -0.682.